The summed E-state index contributed by atoms with van der Waals surface area (Å²) in [5.74, 6) is 0. The van der Waals surface area contributed by atoms with Crippen molar-refractivity contribution in [2.75, 3.05) is 0 Å². The molecule has 7 aromatic rings. The molecule has 37 heavy (non-hydrogen) atoms. The summed E-state index contributed by atoms with van der Waals surface area (Å²) >= 11 is 0. The first-order valence-corrected chi connectivity index (χ1v) is 12.2. The fourth-order valence-corrected chi connectivity index (χ4v) is 5.27. The van der Waals surface area contributed by atoms with Gasteiger partial charge in [-0.2, -0.15) is 5.26 Å². The molecule has 5 aromatic carbocycles. The third kappa shape index (κ3) is 3.39. The molecule has 0 bridgehead atoms. The Morgan fingerprint density at radius 3 is 1.92 bits per heavy atom. The molecule has 3 heteroatoms. The molecule has 0 aliphatic carbocycles. The number of para-hydroxylation sites is 2. The van der Waals surface area contributed by atoms with E-state index < -0.39 is 0 Å². The van der Waals surface area contributed by atoms with Crippen molar-refractivity contribution in [1.82, 2.24) is 4.98 Å². The maximum atomic E-state index is 9.61. The second kappa shape index (κ2) is 8.48. The van der Waals surface area contributed by atoms with Crippen molar-refractivity contribution < 1.29 is 4.42 Å². The first-order valence-electron chi connectivity index (χ1n) is 12.2. The summed E-state index contributed by atoms with van der Waals surface area (Å²) in [6.07, 6.45) is 3.67. The molecule has 0 amide bonds. The van der Waals surface area contributed by atoms with E-state index in [1.807, 2.05) is 42.6 Å². The lowest BCUT2D eigenvalue weighted by Crippen LogP contribution is -1.85. The van der Waals surface area contributed by atoms with Gasteiger partial charge in [-0.05, 0) is 39.8 Å². The predicted octanol–water partition coefficient (Wildman–Crippen LogP) is 9.01. The van der Waals surface area contributed by atoms with E-state index in [1.54, 1.807) is 6.20 Å². The van der Waals surface area contributed by atoms with Crippen LogP contribution < -0.4 is 0 Å². The Hall–Kier alpha value is -5.20. The van der Waals surface area contributed by atoms with Gasteiger partial charge >= 0.3 is 0 Å². The fourth-order valence-electron chi connectivity index (χ4n) is 5.27. The second-order valence-electron chi connectivity index (χ2n) is 9.10. The molecule has 3 nitrogen and oxygen atoms in total. The minimum Gasteiger partial charge on any atom is -0.455 e. The highest BCUT2D eigenvalue weighted by Gasteiger charge is 2.17. The summed E-state index contributed by atoms with van der Waals surface area (Å²) in [6, 6.07) is 39.5. The number of rotatable bonds is 3. The van der Waals surface area contributed by atoms with Gasteiger partial charge < -0.3 is 4.42 Å². The van der Waals surface area contributed by atoms with Gasteiger partial charge in [0, 0.05) is 39.7 Å². The van der Waals surface area contributed by atoms with Crippen LogP contribution in [0.15, 0.2) is 126 Å². The van der Waals surface area contributed by atoms with Gasteiger partial charge in [0.15, 0.2) is 0 Å². The van der Waals surface area contributed by atoms with Crippen LogP contribution in [0, 0.1) is 11.3 Å². The highest BCUT2D eigenvalue weighted by molar-refractivity contribution is 6.15. The third-order valence-electron chi connectivity index (χ3n) is 7.05. The molecule has 172 valence electrons. The van der Waals surface area contributed by atoms with Gasteiger partial charge in [0.25, 0.3) is 0 Å². The first kappa shape index (κ1) is 21.1. The van der Waals surface area contributed by atoms with E-state index in [4.69, 9.17) is 4.42 Å². The molecule has 0 aliphatic rings. The minimum absolute atomic E-state index is 0.674. The smallest absolute Gasteiger partial charge is 0.143 e. The lowest BCUT2D eigenvalue weighted by molar-refractivity contribution is 0.671. The summed E-state index contributed by atoms with van der Waals surface area (Å²) in [7, 11) is 0. The topological polar surface area (TPSA) is 49.8 Å². The molecular formula is C34H20N2O. The van der Waals surface area contributed by atoms with Gasteiger partial charge in [0.1, 0.15) is 11.2 Å². The van der Waals surface area contributed by atoms with E-state index in [2.05, 4.69) is 83.8 Å². The van der Waals surface area contributed by atoms with Crippen LogP contribution in [-0.2, 0) is 0 Å². The minimum atomic E-state index is 0.674. The van der Waals surface area contributed by atoms with Crippen molar-refractivity contribution >= 4 is 32.7 Å². The Bertz CT molecular complexity index is 1980. The molecule has 0 unspecified atom stereocenters. The van der Waals surface area contributed by atoms with E-state index in [9.17, 15) is 5.26 Å². The lowest BCUT2D eigenvalue weighted by atomic mass is 9.94. The molecule has 2 aromatic heterocycles. The van der Waals surface area contributed by atoms with Gasteiger partial charge in [-0.15, -0.1) is 0 Å². The normalized spacial score (nSPS) is 11.2. The van der Waals surface area contributed by atoms with Crippen molar-refractivity contribution in [3.8, 4) is 39.4 Å². The molecule has 0 radical (unpaired) electrons. The van der Waals surface area contributed by atoms with Crippen LogP contribution in [0.2, 0.25) is 0 Å². The molecule has 0 spiro atoms. The molecule has 0 saturated heterocycles. The molecule has 0 atom stereocenters. The highest BCUT2D eigenvalue weighted by Crippen LogP contribution is 2.41. The van der Waals surface area contributed by atoms with Crippen LogP contribution in [0.25, 0.3) is 66.1 Å². The van der Waals surface area contributed by atoms with Gasteiger partial charge in [0.05, 0.1) is 11.6 Å². The number of aromatic nitrogens is 1. The van der Waals surface area contributed by atoms with Gasteiger partial charge in [-0.1, -0.05) is 97.1 Å². The largest absolute Gasteiger partial charge is 0.455 e. The Morgan fingerprint density at radius 2 is 1.19 bits per heavy atom. The number of nitrogens with zero attached hydrogens (tertiary/aromatic N) is 2. The van der Waals surface area contributed by atoms with Gasteiger partial charge in [-0.25, -0.2) is 0 Å². The van der Waals surface area contributed by atoms with Crippen LogP contribution in [0.5, 0.6) is 0 Å². The molecule has 0 fully saturated rings. The molecule has 0 aliphatic heterocycles. The molecule has 7 rings (SSSR count). The number of fused-ring (bicyclic) bond motifs is 4. The molecule has 2 heterocycles. The quantitative estimate of drug-likeness (QED) is 0.258. The average Bonchev–Trinajstić information content (AvgIpc) is 3.36. The Labute approximate surface area is 213 Å². The molecular weight excluding hydrogens is 452 g/mol. The standard InChI is InChI=1S/C34H20N2O/c35-20-24-17-18-29(28-8-2-1-7-26(24)28)30-10-4-12-32-31-11-3-9-27(33(31)37-34(30)32)23-15-13-22(14-16-23)25-6-5-19-36-21-25/h1-19,21H. The number of pyridine rings is 1. The van der Waals surface area contributed by atoms with Crippen molar-refractivity contribution in [1.29, 1.82) is 5.26 Å². The zero-order valence-corrected chi connectivity index (χ0v) is 19.8. The number of benzene rings is 5. The van der Waals surface area contributed by atoms with Crippen molar-refractivity contribution in [2.24, 2.45) is 0 Å². The summed E-state index contributed by atoms with van der Waals surface area (Å²) in [5.41, 5.74) is 8.86. The van der Waals surface area contributed by atoms with Gasteiger partial charge in [-0.3, -0.25) is 4.98 Å². The SMILES string of the molecule is N#Cc1ccc(-c2cccc3c2oc2c(-c4ccc(-c5cccnc5)cc4)cccc23)c2ccccc12. The maximum absolute atomic E-state index is 9.61. The average molecular weight is 473 g/mol. The Morgan fingerprint density at radius 1 is 0.514 bits per heavy atom. The Balaban J connectivity index is 1.42. The molecule has 0 saturated carbocycles. The summed E-state index contributed by atoms with van der Waals surface area (Å²) in [4.78, 5) is 4.24. The van der Waals surface area contributed by atoms with Crippen LogP contribution in [0.3, 0.4) is 0 Å². The first-order chi connectivity index (χ1) is 18.3. The Kier molecular flexibility index (Phi) is 4.84. The number of furan rings is 1. The summed E-state index contributed by atoms with van der Waals surface area (Å²) < 4.78 is 6.67. The number of hydrogen-bond donors (Lipinski definition) is 0. The number of hydrogen-bond acceptors (Lipinski definition) is 3. The van der Waals surface area contributed by atoms with Crippen LogP contribution in [0.1, 0.15) is 5.56 Å². The van der Waals surface area contributed by atoms with Crippen LogP contribution in [0.4, 0.5) is 0 Å². The third-order valence-corrected chi connectivity index (χ3v) is 7.05. The summed E-state index contributed by atoms with van der Waals surface area (Å²) in [5, 5.41) is 13.8. The fraction of sp³-hybridized carbons (Fsp3) is 0. The van der Waals surface area contributed by atoms with Crippen molar-refractivity contribution in [3.63, 3.8) is 0 Å². The zero-order chi connectivity index (χ0) is 24.8. The molecule has 0 N–H and O–H groups in total. The monoisotopic (exact) mass is 472 g/mol. The van der Waals surface area contributed by atoms with Crippen LogP contribution in [-0.4, -0.2) is 4.98 Å². The zero-order valence-electron chi connectivity index (χ0n) is 19.8. The van der Waals surface area contributed by atoms with Gasteiger partial charge in [0.2, 0.25) is 0 Å². The van der Waals surface area contributed by atoms with E-state index in [0.29, 0.717) is 5.56 Å². The maximum Gasteiger partial charge on any atom is 0.143 e. The lowest BCUT2D eigenvalue weighted by Gasteiger charge is -2.09. The van der Waals surface area contributed by atoms with E-state index in [0.717, 1.165) is 66.1 Å². The highest BCUT2D eigenvalue weighted by atomic mass is 16.3. The van der Waals surface area contributed by atoms with E-state index in [-0.39, 0.29) is 0 Å². The van der Waals surface area contributed by atoms with Crippen LogP contribution >= 0.6 is 0 Å². The number of nitriles is 1. The predicted molar refractivity (Wildman–Crippen MR) is 150 cm³/mol. The summed E-state index contributed by atoms with van der Waals surface area (Å²) in [6.45, 7) is 0. The van der Waals surface area contributed by atoms with E-state index >= 15 is 0 Å². The van der Waals surface area contributed by atoms with E-state index in [1.165, 1.54) is 0 Å². The second-order valence-corrected chi connectivity index (χ2v) is 9.10. The van der Waals surface area contributed by atoms with Crippen molar-refractivity contribution in [2.45, 2.75) is 0 Å². The van der Waals surface area contributed by atoms with Crippen molar-refractivity contribution in [3.05, 3.63) is 127 Å².